The van der Waals surface area contributed by atoms with E-state index < -0.39 is 0 Å². The Morgan fingerprint density at radius 2 is 1.11 bits per heavy atom. The van der Waals surface area contributed by atoms with Crippen LogP contribution in [-0.2, 0) is 0 Å². The molecular weight excluding hydrogens is 254 g/mol. The monoisotopic (exact) mass is 288 g/mol. The first-order chi connectivity index (χ1) is 8.07. The average Bonchev–Trinajstić information content (AvgIpc) is 2.25. The van der Waals surface area contributed by atoms with Crippen molar-refractivity contribution in [3.63, 3.8) is 0 Å². The van der Waals surface area contributed by atoms with E-state index in [4.69, 9.17) is 0 Å². The highest BCUT2D eigenvalue weighted by atomic mass is 31.1. The molecule has 0 saturated heterocycles. The van der Waals surface area contributed by atoms with Gasteiger partial charge in [-0.25, -0.2) is 0 Å². The SMILES string of the molecule is CPC1CC(PC)CC(C(C)(C)C)(C(C)(C)C)C1. The first-order valence-electron chi connectivity index (χ1n) is 7.42. The van der Waals surface area contributed by atoms with Crippen LogP contribution in [0.15, 0.2) is 0 Å². The summed E-state index contributed by atoms with van der Waals surface area (Å²) in [5, 5.41) is 0. The molecule has 0 aromatic heterocycles. The molecule has 0 aromatic carbocycles. The average molecular weight is 288 g/mol. The predicted molar refractivity (Wildman–Crippen MR) is 91.2 cm³/mol. The Kier molecular flexibility index (Phi) is 5.35. The second kappa shape index (κ2) is 5.69. The van der Waals surface area contributed by atoms with Gasteiger partial charge in [0.25, 0.3) is 0 Å². The van der Waals surface area contributed by atoms with Crippen LogP contribution >= 0.6 is 17.2 Å². The number of rotatable bonds is 2. The smallest absolute Gasteiger partial charge is 0.0188 e. The van der Waals surface area contributed by atoms with Crippen LogP contribution in [0.1, 0.15) is 60.8 Å². The van der Waals surface area contributed by atoms with E-state index in [2.05, 4.69) is 54.9 Å². The van der Waals surface area contributed by atoms with Gasteiger partial charge in [0.15, 0.2) is 0 Å². The molecule has 1 aliphatic carbocycles. The Bertz CT molecular complexity index is 242. The van der Waals surface area contributed by atoms with Crippen molar-refractivity contribution in [2.45, 2.75) is 72.1 Å². The Morgan fingerprint density at radius 1 is 0.778 bits per heavy atom. The summed E-state index contributed by atoms with van der Waals surface area (Å²) in [6.07, 6.45) is 4.41. The molecule has 0 aliphatic heterocycles. The van der Waals surface area contributed by atoms with Crippen LogP contribution in [0, 0.1) is 16.2 Å². The molecule has 0 nitrogen and oxygen atoms in total. The molecule has 0 bridgehead atoms. The lowest BCUT2D eigenvalue weighted by Gasteiger charge is -2.59. The van der Waals surface area contributed by atoms with E-state index in [1.807, 2.05) is 0 Å². The summed E-state index contributed by atoms with van der Waals surface area (Å²) in [5.41, 5.74) is 3.31. The van der Waals surface area contributed by atoms with Gasteiger partial charge in [-0.15, -0.1) is 17.2 Å². The molecule has 4 atom stereocenters. The molecule has 0 amide bonds. The van der Waals surface area contributed by atoms with Crippen LogP contribution in [0.2, 0.25) is 0 Å². The highest BCUT2D eigenvalue weighted by Crippen LogP contribution is 2.62. The lowest BCUT2D eigenvalue weighted by molar-refractivity contribution is -0.0604. The second-order valence-electron chi connectivity index (χ2n) is 8.20. The molecule has 1 rings (SSSR count). The summed E-state index contributed by atoms with van der Waals surface area (Å²) in [4.78, 5) is 0. The third-order valence-electron chi connectivity index (χ3n) is 5.45. The Labute approximate surface area is 119 Å². The summed E-state index contributed by atoms with van der Waals surface area (Å²) in [6.45, 7) is 19.7. The van der Waals surface area contributed by atoms with Gasteiger partial charge < -0.3 is 0 Å². The fourth-order valence-corrected chi connectivity index (χ4v) is 6.61. The fraction of sp³-hybridized carbons (Fsp3) is 1.00. The normalized spacial score (nSPS) is 30.7. The molecule has 0 N–H and O–H groups in total. The first kappa shape index (κ1) is 16.9. The van der Waals surface area contributed by atoms with Crippen LogP contribution in [0.4, 0.5) is 0 Å². The van der Waals surface area contributed by atoms with E-state index in [0.717, 1.165) is 28.5 Å². The topological polar surface area (TPSA) is 0 Å². The minimum absolute atomic E-state index is 0.418. The van der Waals surface area contributed by atoms with E-state index in [0.29, 0.717) is 16.2 Å². The molecular formula is C16H34P2. The quantitative estimate of drug-likeness (QED) is 0.580. The Balaban J connectivity index is 3.17. The van der Waals surface area contributed by atoms with Gasteiger partial charge in [-0.1, -0.05) is 41.5 Å². The minimum Gasteiger partial charge on any atom is -0.122 e. The second-order valence-corrected chi connectivity index (χ2v) is 11.0. The molecule has 1 aliphatic rings. The van der Waals surface area contributed by atoms with Crippen molar-refractivity contribution in [2.24, 2.45) is 16.2 Å². The van der Waals surface area contributed by atoms with E-state index in [9.17, 15) is 0 Å². The van der Waals surface area contributed by atoms with Crippen molar-refractivity contribution >= 4 is 17.2 Å². The van der Waals surface area contributed by atoms with Crippen molar-refractivity contribution in [3.05, 3.63) is 0 Å². The molecule has 108 valence electrons. The van der Waals surface area contributed by atoms with E-state index in [1.165, 1.54) is 19.3 Å². The maximum atomic E-state index is 2.48. The van der Waals surface area contributed by atoms with Gasteiger partial charge in [-0.3, -0.25) is 0 Å². The lowest BCUT2D eigenvalue weighted by atomic mass is 9.49. The fourth-order valence-electron chi connectivity index (χ4n) is 4.22. The van der Waals surface area contributed by atoms with Gasteiger partial charge in [-0.05, 0) is 60.2 Å². The Hall–Kier alpha value is 0.860. The van der Waals surface area contributed by atoms with Gasteiger partial charge >= 0.3 is 0 Å². The van der Waals surface area contributed by atoms with E-state index in [-0.39, 0.29) is 0 Å². The van der Waals surface area contributed by atoms with Gasteiger partial charge in [0.2, 0.25) is 0 Å². The maximum absolute atomic E-state index is 2.48. The lowest BCUT2D eigenvalue weighted by Crippen LogP contribution is -2.52. The zero-order valence-corrected chi connectivity index (χ0v) is 15.8. The van der Waals surface area contributed by atoms with Gasteiger partial charge in [-0.2, -0.15) is 0 Å². The highest BCUT2D eigenvalue weighted by molar-refractivity contribution is 7.39. The van der Waals surface area contributed by atoms with Crippen molar-refractivity contribution in [2.75, 3.05) is 13.3 Å². The number of hydrogen-bond acceptors (Lipinski definition) is 0. The zero-order chi connectivity index (χ0) is 14.2. The summed E-state index contributed by atoms with van der Waals surface area (Å²) in [5.74, 6) is 0. The molecule has 1 saturated carbocycles. The minimum atomic E-state index is 0.418. The molecule has 0 spiro atoms. The van der Waals surface area contributed by atoms with E-state index in [1.54, 1.807) is 0 Å². The van der Waals surface area contributed by atoms with Crippen LogP contribution in [0.5, 0.6) is 0 Å². The molecule has 1 fully saturated rings. The third kappa shape index (κ3) is 3.12. The van der Waals surface area contributed by atoms with Crippen molar-refractivity contribution < 1.29 is 0 Å². The molecule has 0 radical (unpaired) electrons. The van der Waals surface area contributed by atoms with Crippen LogP contribution in [0.3, 0.4) is 0 Å². The van der Waals surface area contributed by atoms with Gasteiger partial charge in [0.05, 0.1) is 0 Å². The molecule has 2 heteroatoms. The van der Waals surface area contributed by atoms with Crippen LogP contribution in [0.25, 0.3) is 0 Å². The van der Waals surface area contributed by atoms with Crippen molar-refractivity contribution in [1.29, 1.82) is 0 Å². The Morgan fingerprint density at radius 3 is 1.33 bits per heavy atom. The summed E-state index contributed by atoms with van der Waals surface area (Å²) >= 11 is 0. The molecule has 0 heterocycles. The molecule has 0 aromatic rings. The highest BCUT2D eigenvalue weighted by Gasteiger charge is 2.53. The van der Waals surface area contributed by atoms with Crippen LogP contribution < -0.4 is 0 Å². The summed E-state index contributed by atoms with van der Waals surface area (Å²) in [7, 11) is 2.25. The van der Waals surface area contributed by atoms with Gasteiger partial charge in [0.1, 0.15) is 0 Å². The predicted octanol–water partition coefficient (Wildman–Crippen LogP) is 5.60. The largest absolute Gasteiger partial charge is 0.122 e. The van der Waals surface area contributed by atoms with Crippen molar-refractivity contribution in [3.8, 4) is 0 Å². The van der Waals surface area contributed by atoms with E-state index >= 15 is 0 Å². The van der Waals surface area contributed by atoms with Crippen LogP contribution in [-0.4, -0.2) is 24.6 Å². The maximum Gasteiger partial charge on any atom is -0.0188 e. The van der Waals surface area contributed by atoms with Gasteiger partial charge in [0, 0.05) is 0 Å². The third-order valence-corrected chi connectivity index (χ3v) is 7.96. The summed E-state index contributed by atoms with van der Waals surface area (Å²) in [6, 6.07) is 0. The molecule has 4 unspecified atom stereocenters. The zero-order valence-electron chi connectivity index (χ0n) is 13.8. The first-order valence-corrected chi connectivity index (χ1v) is 10.6. The van der Waals surface area contributed by atoms with Crippen molar-refractivity contribution in [1.82, 2.24) is 0 Å². The summed E-state index contributed by atoms with van der Waals surface area (Å²) < 4.78 is 0. The number of hydrogen-bond donors (Lipinski definition) is 0. The molecule has 18 heavy (non-hydrogen) atoms. The standard InChI is InChI=1S/C16H34P2/c1-14(2,3)16(15(4,5)6)10-12(17-7)9-13(11-16)18-8/h12-13,17-18H,9-11H2,1-8H3.